The molecule has 20 heavy (non-hydrogen) atoms. The van der Waals surface area contributed by atoms with Gasteiger partial charge in [-0.05, 0) is 17.7 Å². The first kappa shape index (κ1) is 14.1. The molecule has 2 rings (SSSR count). The molecule has 0 unspecified atom stereocenters. The maximum atomic E-state index is 13.1. The van der Waals surface area contributed by atoms with Crippen molar-refractivity contribution in [3.63, 3.8) is 0 Å². The smallest absolute Gasteiger partial charge is 0.274 e. The Balaban J connectivity index is 1.91. The molecule has 0 saturated carbocycles. The lowest BCUT2D eigenvalue weighted by Gasteiger charge is -2.07. The van der Waals surface area contributed by atoms with Gasteiger partial charge in [0.15, 0.2) is 0 Å². The molecule has 0 saturated heterocycles. The highest BCUT2D eigenvalue weighted by molar-refractivity contribution is 5.40. The SMILES string of the molecule is O=[N+]([O-])c1ccc(F)cc1CNOCc1ccccc1. The number of hydroxylamine groups is 1. The Hall–Kier alpha value is -2.31. The van der Waals surface area contributed by atoms with E-state index in [0.29, 0.717) is 6.61 Å². The third-order valence-corrected chi connectivity index (χ3v) is 2.68. The maximum Gasteiger partial charge on any atom is 0.274 e. The molecular formula is C14H13FN2O3. The average Bonchev–Trinajstić information content (AvgIpc) is 2.44. The van der Waals surface area contributed by atoms with Crippen molar-refractivity contribution in [1.29, 1.82) is 0 Å². The number of nitro benzene ring substituents is 1. The summed E-state index contributed by atoms with van der Waals surface area (Å²) in [6.07, 6.45) is 0. The van der Waals surface area contributed by atoms with Crippen LogP contribution in [-0.2, 0) is 18.0 Å². The molecule has 0 aliphatic rings. The van der Waals surface area contributed by atoms with Crippen molar-refractivity contribution in [1.82, 2.24) is 5.48 Å². The van der Waals surface area contributed by atoms with E-state index in [-0.39, 0.29) is 17.8 Å². The minimum Gasteiger partial charge on any atom is -0.297 e. The van der Waals surface area contributed by atoms with Gasteiger partial charge in [-0.25, -0.2) is 4.39 Å². The number of nitrogens with one attached hydrogen (secondary N) is 1. The lowest BCUT2D eigenvalue weighted by atomic mass is 10.2. The normalized spacial score (nSPS) is 10.4. The van der Waals surface area contributed by atoms with E-state index in [1.165, 1.54) is 0 Å². The summed E-state index contributed by atoms with van der Waals surface area (Å²) in [5.41, 5.74) is 3.67. The number of hydrogen-bond donors (Lipinski definition) is 1. The highest BCUT2D eigenvalue weighted by Crippen LogP contribution is 2.19. The van der Waals surface area contributed by atoms with Crippen molar-refractivity contribution in [2.24, 2.45) is 0 Å². The van der Waals surface area contributed by atoms with Crippen LogP contribution in [0.5, 0.6) is 0 Å². The van der Waals surface area contributed by atoms with E-state index in [9.17, 15) is 14.5 Å². The van der Waals surface area contributed by atoms with Gasteiger partial charge < -0.3 is 0 Å². The number of nitro groups is 1. The van der Waals surface area contributed by atoms with E-state index in [2.05, 4.69) is 5.48 Å². The minimum atomic E-state index is -0.548. The van der Waals surface area contributed by atoms with Crippen molar-refractivity contribution < 1.29 is 14.2 Å². The minimum absolute atomic E-state index is 0.0565. The van der Waals surface area contributed by atoms with Gasteiger partial charge in [0.25, 0.3) is 5.69 Å². The standard InChI is InChI=1S/C14H13FN2O3/c15-13-6-7-14(17(18)19)12(8-13)9-16-20-10-11-4-2-1-3-5-11/h1-8,16H,9-10H2. The second kappa shape index (κ2) is 6.74. The summed E-state index contributed by atoms with van der Waals surface area (Å²) < 4.78 is 13.1. The molecule has 0 spiro atoms. The number of hydrogen-bond acceptors (Lipinski definition) is 4. The number of nitrogens with zero attached hydrogens (tertiary/aromatic N) is 1. The summed E-state index contributed by atoms with van der Waals surface area (Å²) in [4.78, 5) is 15.5. The van der Waals surface area contributed by atoms with Gasteiger partial charge in [0, 0.05) is 11.6 Å². The number of halogens is 1. The largest absolute Gasteiger partial charge is 0.297 e. The molecule has 6 heteroatoms. The van der Waals surface area contributed by atoms with Gasteiger partial charge >= 0.3 is 0 Å². The zero-order valence-corrected chi connectivity index (χ0v) is 10.6. The van der Waals surface area contributed by atoms with Crippen molar-refractivity contribution in [3.8, 4) is 0 Å². The van der Waals surface area contributed by atoms with Gasteiger partial charge in [0.05, 0.1) is 18.1 Å². The Morgan fingerprint density at radius 1 is 1.20 bits per heavy atom. The molecule has 0 amide bonds. The van der Waals surface area contributed by atoms with E-state index in [4.69, 9.17) is 4.84 Å². The third-order valence-electron chi connectivity index (χ3n) is 2.68. The molecule has 0 atom stereocenters. The lowest BCUT2D eigenvalue weighted by Crippen LogP contribution is -2.15. The van der Waals surface area contributed by atoms with E-state index in [1.54, 1.807) is 0 Å². The summed E-state index contributed by atoms with van der Waals surface area (Å²) in [6, 6.07) is 12.8. The monoisotopic (exact) mass is 276 g/mol. The Kier molecular flexibility index (Phi) is 4.75. The van der Waals surface area contributed by atoms with Gasteiger partial charge in [-0.1, -0.05) is 30.3 Å². The first-order chi connectivity index (χ1) is 9.66. The zero-order chi connectivity index (χ0) is 14.4. The van der Waals surface area contributed by atoms with Crippen LogP contribution in [-0.4, -0.2) is 4.92 Å². The van der Waals surface area contributed by atoms with Crippen molar-refractivity contribution in [2.75, 3.05) is 0 Å². The number of benzene rings is 2. The Morgan fingerprint density at radius 2 is 1.95 bits per heavy atom. The van der Waals surface area contributed by atoms with Crippen LogP contribution in [0.4, 0.5) is 10.1 Å². The van der Waals surface area contributed by atoms with Gasteiger partial charge in [-0.3, -0.25) is 15.0 Å². The molecule has 0 radical (unpaired) electrons. The van der Waals surface area contributed by atoms with Crippen molar-refractivity contribution >= 4 is 5.69 Å². The fraction of sp³-hybridized carbons (Fsp3) is 0.143. The van der Waals surface area contributed by atoms with Crippen LogP contribution >= 0.6 is 0 Å². The van der Waals surface area contributed by atoms with Crippen LogP contribution in [0.3, 0.4) is 0 Å². The van der Waals surface area contributed by atoms with Gasteiger partial charge in [0.1, 0.15) is 5.82 Å². The number of rotatable bonds is 6. The molecule has 104 valence electrons. The van der Waals surface area contributed by atoms with Crippen LogP contribution in [0, 0.1) is 15.9 Å². The molecular weight excluding hydrogens is 263 g/mol. The molecule has 2 aromatic carbocycles. The Morgan fingerprint density at radius 3 is 2.65 bits per heavy atom. The predicted molar refractivity (Wildman–Crippen MR) is 71.1 cm³/mol. The first-order valence-electron chi connectivity index (χ1n) is 5.98. The highest BCUT2D eigenvalue weighted by Gasteiger charge is 2.13. The summed E-state index contributed by atoms with van der Waals surface area (Å²) in [7, 11) is 0. The van der Waals surface area contributed by atoms with Crippen LogP contribution in [0.2, 0.25) is 0 Å². The molecule has 0 aromatic heterocycles. The second-order valence-electron chi connectivity index (χ2n) is 4.13. The zero-order valence-electron chi connectivity index (χ0n) is 10.6. The Bertz CT molecular complexity index is 590. The fourth-order valence-corrected chi connectivity index (χ4v) is 1.71. The molecule has 2 aromatic rings. The third kappa shape index (κ3) is 3.84. The van der Waals surface area contributed by atoms with Crippen LogP contribution in [0.15, 0.2) is 48.5 Å². The molecule has 0 heterocycles. The Labute approximate surface area is 115 Å². The maximum absolute atomic E-state index is 13.1. The molecule has 0 aliphatic heterocycles. The van der Waals surface area contributed by atoms with Gasteiger partial charge in [-0.15, -0.1) is 0 Å². The lowest BCUT2D eigenvalue weighted by molar-refractivity contribution is -0.385. The topological polar surface area (TPSA) is 64.4 Å². The average molecular weight is 276 g/mol. The van der Waals surface area contributed by atoms with Gasteiger partial charge in [-0.2, -0.15) is 5.48 Å². The quantitative estimate of drug-likeness (QED) is 0.500. The van der Waals surface area contributed by atoms with E-state index in [0.717, 1.165) is 23.8 Å². The van der Waals surface area contributed by atoms with Crippen molar-refractivity contribution in [3.05, 3.63) is 75.6 Å². The molecule has 1 N–H and O–H groups in total. The summed E-state index contributed by atoms with van der Waals surface area (Å²) in [6.45, 7) is 0.380. The molecule has 5 nitrogen and oxygen atoms in total. The predicted octanol–water partition coefficient (Wildman–Crippen LogP) is 2.96. The van der Waals surface area contributed by atoms with E-state index < -0.39 is 10.7 Å². The summed E-state index contributed by atoms with van der Waals surface area (Å²) >= 11 is 0. The molecule has 0 fully saturated rings. The van der Waals surface area contributed by atoms with Crippen molar-refractivity contribution in [2.45, 2.75) is 13.2 Å². The molecule has 0 bridgehead atoms. The van der Waals surface area contributed by atoms with Gasteiger partial charge in [0.2, 0.25) is 0 Å². The van der Waals surface area contributed by atoms with Crippen LogP contribution in [0.25, 0.3) is 0 Å². The van der Waals surface area contributed by atoms with Crippen LogP contribution in [0.1, 0.15) is 11.1 Å². The summed E-state index contributed by atoms with van der Waals surface area (Å²) in [5, 5.41) is 10.8. The van der Waals surface area contributed by atoms with E-state index >= 15 is 0 Å². The first-order valence-corrected chi connectivity index (χ1v) is 5.98. The van der Waals surface area contributed by atoms with Crippen LogP contribution < -0.4 is 5.48 Å². The fourth-order valence-electron chi connectivity index (χ4n) is 1.71. The molecule has 0 aliphatic carbocycles. The second-order valence-corrected chi connectivity index (χ2v) is 4.13. The highest BCUT2D eigenvalue weighted by atomic mass is 19.1. The summed E-state index contributed by atoms with van der Waals surface area (Å²) in [5.74, 6) is -0.518. The van der Waals surface area contributed by atoms with E-state index in [1.807, 2.05) is 30.3 Å².